The molecule has 0 spiro atoms. The van der Waals surface area contributed by atoms with E-state index < -0.39 is 0 Å². The van der Waals surface area contributed by atoms with Gasteiger partial charge in [0.25, 0.3) is 0 Å². The number of nitrogens with zero attached hydrogens (tertiary/aromatic N) is 1. The normalized spacial score (nSPS) is 19.9. The number of aliphatic imine (C=N–C) groups is 1. The lowest BCUT2D eigenvalue weighted by molar-refractivity contribution is 0.0782. The highest BCUT2D eigenvalue weighted by atomic mass is 32.2. The molecule has 1 fully saturated rings. The van der Waals surface area contributed by atoms with Gasteiger partial charge in [0.15, 0.2) is 5.96 Å². The van der Waals surface area contributed by atoms with Gasteiger partial charge >= 0.3 is 0 Å². The van der Waals surface area contributed by atoms with Crippen LogP contribution in [0.4, 0.5) is 0 Å². The molecule has 1 saturated heterocycles. The quantitative estimate of drug-likeness (QED) is 0.593. The van der Waals surface area contributed by atoms with Crippen LogP contribution in [0.3, 0.4) is 0 Å². The van der Waals surface area contributed by atoms with Crippen LogP contribution >= 0.6 is 11.8 Å². The molecule has 18 heavy (non-hydrogen) atoms. The Balaban J connectivity index is 2.50. The smallest absolute Gasteiger partial charge is 0.191 e. The molecule has 1 heterocycles. The predicted octanol–water partition coefficient (Wildman–Crippen LogP) is 1.86. The number of nitrogens with one attached hydrogen (secondary N) is 2. The van der Waals surface area contributed by atoms with Crippen LogP contribution in [0.15, 0.2) is 4.99 Å². The Morgan fingerprint density at radius 2 is 2.06 bits per heavy atom. The Labute approximate surface area is 115 Å². The maximum absolute atomic E-state index is 5.48. The first kappa shape index (κ1) is 15.6. The first-order chi connectivity index (χ1) is 8.62. The molecule has 0 aromatic rings. The number of hydrogen-bond acceptors (Lipinski definition) is 3. The van der Waals surface area contributed by atoms with Crippen molar-refractivity contribution in [3.8, 4) is 0 Å². The minimum atomic E-state index is 0.307. The van der Waals surface area contributed by atoms with Crippen molar-refractivity contribution < 1.29 is 4.74 Å². The van der Waals surface area contributed by atoms with Gasteiger partial charge in [-0.3, -0.25) is 4.99 Å². The van der Waals surface area contributed by atoms with Gasteiger partial charge in [-0.05, 0) is 32.4 Å². The van der Waals surface area contributed by atoms with Gasteiger partial charge in [-0.25, -0.2) is 0 Å². The van der Waals surface area contributed by atoms with E-state index in [0.717, 1.165) is 44.3 Å². The molecule has 0 aromatic carbocycles. The number of rotatable bonds is 5. The zero-order chi connectivity index (χ0) is 13.4. The lowest BCUT2D eigenvalue weighted by Gasteiger charge is -2.37. The molecule has 0 bridgehead atoms. The standard InChI is InChI=1S/C13H27N3OS/c1-5-18-13(6-8-17-9-7-13)10-15-12(14-4)16-11(2)3/h11H,5-10H2,1-4H3,(H2,14,15,16). The highest BCUT2D eigenvalue weighted by Gasteiger charge is 2.32. The molecule has 0 aliphatic carbocycles. The minimum absolute atomic E-state index is 0.307. The summed E-state index contributed by atoms with van der Waals surface area (Å²) < 4.78 is 5.79. The third-order valence-corrected chi connectivity index (χ3v) is 4.54. The lowest BCUT2D eigenvalue weighted by atomic mass is 9.99. The molecule has 0 saturated carbocycles. The van der Waals surface area contributed by atoms with Crippen LogP contribution in [-0.4, -0.2) is 49.3 Å². The van der Waals surface area contributed by atoms with Crippen LogP contribution in [0.2, 0.25) is 0 Å². The van der Waals surface area contributed by atoms with Crippen LogP contribution in [0.1, 0.15) is 33.6 Å². The van der Waals surface area contributed by atoms with Crippen molar-refractivity contribution in [3.63, 3.8) is 0 Å². The number of thioether (sulfide) groups is 1. The number of guanidine groups is 1. The zero-order valence-corrected chi connectivity index (χ0v) is 12.9. The summed E-state index contributed by atoms with van der Waals surface area (Å²) in [4.78, 5) is 4.26. The van der Waals surface area contributed by atoms with Gasteiger partial charge in [0, 0.05) is 37.6 Å². The summed E-state index contributed by atoms with van der Waals surface area (Å²) in [5, 5.41) is 6.79. The first-order valence-corrected chi connectivity index (χ1v) is 7.79. The summed E-state index contributed by atoms with van der Waals surface area (Å²) >= 11 is 2.05. The van der Waals surface area contributed by atoms with Gasteiger partial charge in [-0.2, -0.15) is 11.8 Å². The fourth-order valence-electron chi connectivity index (χ4n) is 2.13. The molecule has 5 heteroatoms. The Morgan fingerprint density at radius 3 is 2.56 bits per heavy atom. The summed E-state index contributed by atoms with van der Waals surface area (Å²) in [7, 11) is 1.82. The summed E-state index contributed by atoms with van der Waals surface area (Å²) in [6, 6.07) is 0.403. The Kier molecular flexibility index (Phi) is 6.86. The lowest BCUT2D eigenvalue weighted by Crippen LogP contribution is -2.49. The Hall–Kier alpha value is -0.420. The molecule has 0 aromatic heterocycles. The molecule has 0 unspecified atom stereocenters. The van der Waals surface area contributed by atoms with Crippen LogP contribution in [-0.2, 0) is 4.74 Å². The van der Waals surface area contributed by atoms with Crippen molar-refractivity contribution >= 4 is 17.7 Å². The van der Waals surface area contributed by atoms with E-state index in [0.29, 0.717) is 10.8 Å². The molecule has 0 amide bonds. The molecule has 4 nitrogen and oxygen atoms in total. The average molecular weight is 273 g/mol. The molecule has 1 aliphatic heterocycles. The van der Waals surface area contributed by atoms with Crippen molar-refractivity contribution in [2.45, 2.75) is 44.4 Å². The van der Waals surface area contributed by atoms with E-state index in [1.165, 1.54) is 0 Å². The molecule has 0 radical (unpaired) electrons. The highest BCUT2D eigenvalue weighted by Crippen LogP contribution is 2.34. The van der Waals surface area contributed by atoms with Crippen molar-refractivity contribution in [3.05, 3.63) is 0 Å². The van der Waals surface area contributed by atoms with E-state index in [1.54, 1.807) is 0 Å². The average Bonchev–Trinajstić information content (AvgIpc) is 2.35. The van der Waals surface area contributed by atoms with Crippen LogP contribution in [0, 0.1) is 0 Å². The van der Waals surface area contributed by atoms with Gasteiger partial charge in [0.05, 0.1) is 0 Å². The van der Waals surface area contributed by atoms with Crippen LogP contribution in [0.25, 0.3) is 0 Å². The summed E-state index contributed by atoms with van der Waals surface area (Å²) in [6.45, 7) is 9.19. The molecular formula is C13H27N3OS. The number of ether oxygens (including phenoxy) is 1. The fraction of sp³-hybridized carbons (Fsp3) is 0.923. The van der Waals surface area contributed by atoms with Crippen molar-refractivity contribution in [2.24, 2.45) is 4.99 Å². The molecule has 1 aliphatic rings. The second kappa shape index (κ2) is 7.89. The van der Waals surface area contributed by atoms with E-state index in [4.69, 9.17) is 4.74 Å². The van der Waals surface area contributed by atoms with Gasteiger partial charge in [-0.1, -0.05) is 6.92 Å². The van der Waals surface area contributed by atoms with Crippen LogP contribution < -0.4 is 10.6 Å². The van der Waals surface area contributed by atoms with Crippen molar-refractivity contribution in [2.75, 3.05) is 32.6 Å². The first-order valence-electron chi connectivity index (χ1n) is 6.81. The van der Waals surface area contributed by atoms with Crippen molar-refractivity contribution in [1.82, 2.24) is 10.6 Å². The molecule has 106 valence electrons. The van der Waals surface area contributed by atoms with E-state index >= 15 is 0 Å². The second-order valence-corrected chi connectivity index (χ2v) is 6.69. The molecule has 2 N–H and O–H groups in total. The Bertz CT molecular complexity index is 257. The van der Waals surface area contributed by atoms with Gasteiger partial charge in [-0.15, -0.1) is 0 Å². The van der Waals surface area contributed by atoms with Gasteiger partial charge in [0.1, 0.15) is 0 Å². The topological polar surface area (TPSA) is 45.7 Å². The SMILES string of the molecule is CCSC1(CNC(=NC)NC(C)C)CCOCC1. The third-order valence-electron chi connectivity index (χ3n) is 3.08. The van der Waals surface area contributed by atoms with Crippen LogP contribution in [0.5, 0.6) is 0 Å². The fourth-order valence-corrected chi connectivity index (χ4v) is 3.38. The summed E-state index contributed by atoms with van der Waals surface area (Å²) in [5.41, 5.74) is 0. The number of hydrogen-bond donors (Lipinski definition) is 2. The maximum atomic E-state index is 5.48. The Morgan fingerprint density at radius 1 is 1.39 bits per heavy atom. The minimum Gasteiger partial charge on any atom is -0.381 e. The van der Waals surface area contributed by atoms with E-state index in [9.17, 15) is 0 Å². The van der Waals surface area contributed by atoms with Crippen molar-refractivity contribution in [1.29, 1.82) is 0 Å². The van der Waals surface area contributed by atoms with E-state index in [-0.39, 0.29) is 0 Å². The summed E-state index contributed by atoms with van der Waals surface area (Å²) in [6.07, 6.45) is 2.24. The summed E-state index contributed by atoms with van der Waals surface area (Å²) in [5.74, 6) is 2.05. The largest absolute Gasteiger partial charge is 0.381 e. The molecule has 1 rings (SSSR count). The predicted molar refractivity (Wildman–Crippen MR) is 80.5 cm³/mol. The highest BCUT2D eigenvalue weighted by molar-refractivity contribution is 8.00. The maximum Gasteiger partial charge on any atom is 0.191 e. The monoisotopic (exact) mass is 273 g/mol. The molecular weight excluding hydrogens is 246 g/mol. The second-order valence-electron chi connectivity index (χ2n) is 4.95. The van der Waals surface area contributed by atoms with Gasteiger partial charge < -0.3 is 15.4 Å². The van der Waals surface area contributed by atoms with E-state index in [1.807, 2.05) is 18.8 Å². The zero-order valence-electron chi connectivity index (χ0n) is 12.1. The molecule has 0 atom stereocenters. The van der Waals surface area contributed by atoms with E-state index in [2.05, 4.69) is 36.4 Å². The van der Waals surface area contributed by atoms with Gasteiger partial charge in [0.2, 0.25) is 0 Å². The third kappa shape index (κ3) is 5.06.